The van der Waals surface area contributed by atoms with E-state index < -0.39 is 0 Å². The Morgan fingerprint density at radius 2 is 1.90 bits per heavy atom. The molecule has 20 heavy (non-hydrogen) atoms. The molecule has 106 valence electrons. The van der Waals surface area contributed by atoms with Gasteiger partial charge in [0.1, 0.15) is 0 Å². The molecular weight excluding hydrogens is 264 g/mol. The highest BCUT2D eigenvalue weighted by molar-refractivity contribution is 7.07. The number of nitrogens with one attached hydrogen (secondary N) is 1. The summed E-state index contributed by atoms with van der Waals surface area (Å²) in [6.07, 6.45) is 3.65. The van der Waals surface area contributed by atoms with Gasteiger partial charge in [-0.15, -0.1) is 0 Å². The molecule has 1 saturated heterocycles. The van der Waals surface area contributed by atoms with Gasteiger partial charge in [-0.05, 0) is 60.3 Å². The van der Waals surface area contributed by atoms with Crippen molar-refractivity contribution >= 4 is 17.0 Å². The van der Waals surface area contributed by atoms with E-state index in [0.717, 1.165) is 13.0 Å². The average Bonchev–Trinajstić information content (AvgIpc) is 3.02. The molecule has 0 unspecified atom stereocenters. The summed E-state index contributed by atoms with van der Waals surface area (Å²) >= 11 is 1.79. The van der Waals surface area contributed by atoms with Gasteiger partial charge < -0.3 is 10.2 Å². The second-order valence-corrected chi connectivity index (χ2v) is 6.21. The van der Waals surface area contributed by atoms with E-state index in [4.69, 9.17) is 0 Å². The molecule has 3 heteroatoms. The number of thiophene rings is 1. The van der Waals surface area contributed by atoms with Gasteiger partial charge in [-0.1, -0.05) is 18.2 Å². The monoisotopic (exact) mass is 286 g/mol. The van der Waals surface area contributed by atoms with Crippen molar-refractivity contribution in [2.75, 3.05) is 24.5 Å². The Balaban J connectivity index is 1.40. The maximum absolute atomic E-state index is 3.71. The second kappa shape index (κ2) is 6.91. The molecule has 2 aromatic rings. The van der Waals surface area contributed by atoms with Crippen LogP contribution in [0.4, 0.5) is 5.69 Å². The van der Waals surface area contributed by atoms with Crippen molar-refractivity contribution in [2.24, 2.45) is 0 Å². The fraction of sp³-hybridized carbons (Fsp3) is 0.412. The molecule has 0 radical (unpaired) electrons. The molecule has 1 N–H and O–H groups in total. The van der Waals surface area contributed by atoms with Crippen LogP contribution in [0.3, 0.4) is 0 Å². The summed E-state index contributed by atoms with van der Waals surface area (Å²) < 4.78 is 0. The van der Waals surface area contributed by atoms with E-state index in [1.807, 2.05) is 0 Å². The average molecular weight is 286 g/mol. The van der Waals surface area contributed by atoms with Gasteiger partial charge in [0.2, 0.25) is 0 Å². The molecule has 1 aliphatic heterocycles. The van der Waals surface area contributed by atoms with Crippen molar-refractivity contribution in [1.82, 2.24) is 5.32 Å². The summed E-state index contributed by atoms with van der Waals surface area (Å²) in [5.74, 6) is 0. The second-order valence-electron chi connectivity index (χ2n) is 5.43. The van der Waals surface area contributed by atoms with Gasteiger partial charge in [0.15, 0.2) is 0 Å². The Hall–Kier alpha value is -1.32. The lowest BCUT2D eigenvalue weighted by molar-refractivity contribution is 0.418. The SMILES string of the molecule is c1ccc(N2CCC(NCCc3ccsc3)CC2)cc1. The van der Waals surface area contributed by atoms with Gasteiger partial charge in [-0.3, -0.25) is 0 Å². The third kappa shape index (κ3) is 3.62. The van der Waals surface area contributed by atoms with Crippen LogP contribution in [0, 0.1) is 0 Å². The first-order chi connectivity index (χ1) is 9.92. The normalized spacial score (nSPS) is 16.5. The fourth-order valence-corrected chi connectivity index (χ4v) is 3.54. The standard InChI is InChI=1S/C17H22N2S/c1-2-4-17(5-3-1)19-11-7-16(8-12-19)18-10-6-15-9-13-20-14-15/h1-5,9,13-14,16,18H,6-8,10-12H2. The summed E-state index contributed by atoms with van der Waals surface area (Å²) in [4.78, 5) is 2.50. The van der Waals surface area contributed by atoms with E-state index in [2.05, 4.69) is 57.4 Å². The summed E-state index contributed by atoms with van der Waals surface area (Å²) in [5.41, 5.74) is 2.83. The quantitative estimate of drug-likeness (QED) is 0.904. The first-order valence-corrected chi connectivity index (χ1v) is 8.40. The van der Waals surface area contributed by atoms with E-state index in [1.54, 1.807) is 11.3 Å². The number of rotatable bonds is 5. The number of nitrogens with zero attached hydrogens (tertiary/aromatic N) is 1. The Morgan fingerprint density at radius 1 is 1.10 bits per heavy atom. The van der Waals surface area contributed by atoms with Gasteiger partial charge in [0, 0.05) is 24.8 Å². The van der Waals surface area contributed by atoms with Crippen LogP contribution in [0.1, 0.15) is 18.4 Å². The van der Waals surface area contributed by atoms with E-state index in [9.17, 15) is 0 Å². The zero-order valence-corrected chi connectivity index (χ0v) is 12.6. The summed E-state index contributed by atoms with van der Waals surface area (Å²) in [5, 5.41) is 8.12. The summed E-state index contributed by atoms with van der Waals surface area (Å²) in [6.45, 7) is 3.44. The Bertz CT molecular complexity index is 487. The highest BCUT2D eigenvalue weighted by Crippen LogP contribution is 2.19. The minimum Gasteiger partial charge on any atom is -0.371 e. The third-order valence-electron chi connectivity index (χ3n) is 4.04. The summed E-state index contributed by atoms with van der Waals surface area (Å²) in [6, 6.07) is 13.7. The molecular formula is C17H22N2S. The fourth-order valence-electron chi connectivity index (χ4n) is 2.84. The molecule has 1 fully saturated rings. The molecule has 0 aliphatic carbocycles. The van der Waals surface area contributed by atoms with Crippen molar-refractivity contribution in [3.05, 3.63) is 52.7 Å². The highest BCUT2D eigenvalue weighted by atomic mass is 32.1. The number of para-hydroxylation sites is 1. The van der Waals surface area contributed by atoms with Crippen molar-refractivity contribution in [3.8, 4) is 0 Å². The van der Waals surface area contributed by atoms with E-state index >= 15 is 0 Å². The van der Waals surface area contributed by atoms with Crippen LogP contribution in [-0.4, -0.2) is 25.7 Å². The number of hydrogen-bond donors (Lipinski definition) is 1. The van der Waals surface area contributed by atoms with E-state index in [-0.39, 0.29) is 0 Å². The maximum Gasteiger partial charge on any atom is 0.0366 e. The number of piperidine rings is 1. The van der Waals surface area contributed by atoms with Crippen LogP contribution in [-0.2, 0) is 6.42 Å². The first kappa shape index (κ1) is 13.7. The Labute approximate surface area is 125 Å². The molecule has 1 aromatic carbocycles. The van der Waals surface area contributed by atoms with Crippen LogP contribution in [0.25, 0.3) is 0 Å². The van der Waals surface area contributed by atoms with Gasteiger partial charge in [0.05, 0.1) is 0 Å². The van der Waals surface area contributed by atoms with Gasteiger partial charge in [-0.25, -0.2) is 0 Å². The van der Waals surface area contributed by atoms with Crippen LogP contribution >= 0.6 is 11.3 Å². The van der Waals surface area contributed by atoms with Gasteiger partial charge in [0.25, 0.3) is 0 Å². The molecule has 1 aromatic heterocycles. The molecule has 0 bridgehead atoms. The number of benzene rings is 1. The third-order valence-corrected chi connectivity index (χ3v) is 4.78. The van der Waals surface area contributed by atoms with Gasteiger partial charge >= 0.3 is 0 Å². The molecule has 1 aliphatic rings. The van der Waals surface area contributed by atoms with Crippen LogP contribution in [0.15, 0.2) is 47.2 Å². The van der Waals surface area contributed by atoms with Crippen LogP contribution in [0.2, 0.25) is 0 Å². The zero-order valence-electron chi connectivity index (χ0n) is 11.8. The van der Waals surface area contributed by atoms with Crippen molar-refractivity contribution in [2.45, 2.75) is 25.3 Å². The maximum atomic E-state index is 3.71. The molecule has 2 heterocycles. The lowest BCUT2D eigenvalue weighted by atomic mass is 10.0. The predicted octanol–water partition coefficient (Wildman–Crippen LogP) is 3.55. The van der Waals surface area contributed by atoms with Crippen LogP contribution < -0.4 is 10.2 Å². The topological polar surface area (TPSA) is 15.3 Å². The van der Waals surface area contributed by atoms with Crippen molar-refractivity contribution in [1.29, 1.82) is 0 Å². The Kier molecular flexibility index (Phi) is 4.72. The highest BCUT2D eigenvalue weighted by Gasteiger charge is 2.18. The van der Waals surface area contributed by atoms with E-state index in [0.29, 0.717) is 6.04 Å². The van der Waals surface area contributed by atoms with E-state index in [1.165, 1.54) is 37.2 Å². The molecule has 0 atom stereocenters. The smallest absolute Gasteiger partial charge is 0.0366 e. The molecule has 0 saturated carbocycles. The van der Waals surface area contributed by atoms with Gasteiger partial charge in [-0.2, -0.15) is 11.3 Å². The minimum atomic E-state index is 0.689. The number of anilines is 1. The van der Waals surface area contributed by atoms with Crippen molar-refractivity contribution in [3.63, 3.8) is 0 Å². The molecule has 0 spiro atoms. The molecule has 2 nitrogen and oxygen atoms in total. The van der Waals surface area contributed by atoms with Crippen molar-refractivity contribution < 1.29 is 0 Å². The number of hydrogen-bond acceptors (Lipinski definition) is 3. The lowest BCUT2D eigenvalue weighted by Crippen LogP contribution is -2.43. The zero-order chi connectivity index (χ0) is 13.6. The largest absolute Gasteiger partial charge is 0.371 e. The summed E-state index contributed by atoms with van der Waals surface area (Å²) in [7, 11) is 0. The Morgan fingerprint density at radius 3 is 2.60 bits per heavy atom. The van der Waals surface area contributed by atoms with Crippen LogP contribution in [0.5, 0.6) is 0 Å². The molecule has 3 rings (SSSR count). The first-order valence-electron chi connectivity index (χ1n) is 7.46. The molecule has 0 amide bonds. The predicted molar refractivity (Wildman–Crippen MR) is 87.7 cm³/mol. The minimum absolute atomic E-state index is 0.689. The lowest BCUT2D eigenvalue weighted by Gasteiger charge is -2.34.